The number of anilines is 1. The number of piperidine rings is 1. The van der Waals surface area contributed by atoms with Crippen molar-refractivity contribution >= 4 is 28.3 Å². The molecule has 0 aromatic heterocycles. The summed E-state index contributed by atoms with van der Waals surface area (Å²) in [6, 6.07) is 19.6. The number of benzene rings is 3. The van der Waals surface area contributed by atoms with Crippen LogP contribution >= 0.6 is 0 Å². The molecule has 3 aromatic rings. The van der Waals surface area contributed by atoms with Crippen molar-refractivity contribution < 1.29 is 14.3 Å². The first-order chi connectivity index (χ1) is 15.2. The fraction of sp³-hybridized carbons (Fsp3) is 0.308. The quantitative estimate of drug-likeness (QED) is 0.642. The maximum atomic E-state index is 13.5. The van der Waals surface area contributed by atoms with Crippen molar-refractivity contribution in [3.8, 4) is 5.75 Å². The molecule has 2 heterocycles. The number of hydrogen-bond donors (Lipinski definition) is 0. The van der Waals surface area contributed by atoms with Crippen LogP contribution < -0.4 is 9.64 Å². The molecule has 0 bridgehead atoms. The maximum absolute atomic E-state index is 13.5. The average molecular weight is 415 g/mol. The van der Waals surface area contributed by atoms with E-state index in [1.54, 1.807) is 7.11 Å². The largest absolute Gasteiger partial charge is 0.496 e. The molecule has 5 rings (SSSR count). The minimum absolute atomic E-state index is 0.0156. The Labute approximate surface area is 182 Å². The number of carbonyl (C=O) groups excluding carboxylic acids is 2. The molecule has 0 N–H and O–H groups in total. The van der Waals surface area contributed by atoms with Crippen LogP contribution in [0.1, 0.15) is 28.8 Å². The van der Waals surface area contributed by atoms with Gasteiger partial charge in [0.25, 0.3) is 5.91 Å². The van der Waals surface area contributed by atoms with E-state index in [9.17, 15) is 9.59 Å². The van der Waals surface area contributed by atoms with Gasteiger partial charge in [-0.3, -0.25) is 9.59 Å². The molecule has 2 aliphatic rings. The number of methoxy groups -OCH3 is 1. The molecule has 1 unspecified atom stereocenters. The maximum Gasteiger partial charge on any atom is 0.254 e. The van der Waals surface area contributed by atoms with Gasteiger partial charge in [-0.05, 0) is 48.4 Å². The van der Waals surface area contributed by atoms with Crippen LogP contribution in [0.5, 0.6) is 5.75 Å². The summed E-state index contributed by atoms with van der Waals surface area (Å²) < 4.78 is 5.47. The SMILES string of the molecule is COc1ccc(C(=O)N2CCCC(C(=O)N3CCc4ccccc43)C2)c2ccccc12. The lowest BCUT2D eigenvalue weighted by molar-refractivity contribution is -0.123. The van der Waals surface area contributed by atoms with E-state index >= 15 is 0 Å². The molecule has 0 saturated carbocycles. The van der Waals surface area contributed by atoms with E-state index in [-0.39, 0.29) is 17.7 Å². The molecular formula is C26H26N2O3. The molecule has 3 aromatic carbocycles. The zero-order valence-electron chi connectivity index (χ0n) is 17.7. The molecule has 1 fully saturated rings. The van der Waals surface area contributed by atoms with Crippen LogP contribution in [-0.4, -0.2) is 43.5 Å². The summed E-state index contributed by atoms with van der Waals surface area (Å²) in [6.45, 7) is 1.88. The third kappa shape index (κ3) is 3.44. The van der Waals surface area contributed by atoms with E-state index in [0.29, 0.717) is 18.7 Å². The third-order valence-corrected chi connectivity index (χ3v) is 6.55. The van der Waals surface area contributed by atoms with E-state index < -0.39 is 0 Å². The Morgan fingerprint density at radius 3 is 2.55 bits per heavy atom. The van der Waals surface area contributed by atoms with Crippen molar-refractivity contribution in [1.29, 1.82) is 0 Å². The monoisotopic (exact) mass is 414 g/mol. The van der Waals surface area contributed by atoms with Gasteiger partial charge in [0, 0.05) is 36.3 Å². The highest BCUT2D eigenvalue weighted by Crippen LogP contribution is 2.32. The van der Waals surface area contributed by atoms with Crippen LogP contribution in [0.25, 0.3) is 10.8 Å². The topological polar surface area (TPSA) is 49.9 Å². The summed E-state index contributed by atoms with van der Waals surface area (Å²) in [7, 11) is 1.64. The van der Waals surface area contributed by atoms with Crippen molar-refractivity contribution in [2.45, 2.75) is 19.3 Å². The number of carbonyl (C=O) groups is 2. The van der Waals surface area contributed by atoms with Gasteiger partial charge in [0.1, 0.15) is 5.75 Å². The number of hydrogen-bond acceptors (Lipinski definition) is 3. The first-order valence-electron chi connectivity index (χ1n) is 10.9. The highest BCUT2D eigenvalue weighted by Gasteiger charge is 2.34. The standard InChI is InChI=1S/C26H26N2O3/c1-31-24-13-12-22(20-9-3-4-10-21(20)24)26(30)27-15-6-8-19(17-27)25(29)28-16-14-18-7-2-5-11-23(18)28/h2-5,7,9-13,19H,6,8,14-17H2,1H3. The van der Waals surface area contributed by atoms with Crippen molar-refractivity contribution in [2.24, 2.45) is 5.92 Å². The zero-order chi connectivity index (χ0) is 21.4. The molecule has 0 aliphatic carbocycles. The summed E-state index contributed by atoms with van der Waals surface area (Å²) in [6.07, 6.45) is 2.56. The second kappa shape index (κ2) is 8.06. The fourth-order valence-electron chi connectivity index (χ4n) is 4.96. The molecule has 1 atom stereocenters. The van der Waals surface area contributed by atoms with Gasteiger partial charge in [-0.1, -0.05) is 42.5 Å². The van der Waals surface area contributed by atoms with Crippen LogP contribution in [0.15, 0.2) is 60.7 Å². The molecule has 158 valence electrons. The molecule has 5 nitrogen and oxygen atoms in total. The van der Waals surface area contributed by atoms with E-state index in [1.165, 1.54) is 5.56 Å². The lowest BCUT2D eigenvalue weighted by Gasteiger charge is -2.34. The number of likely N-dealkylation sites (tertiary alicyclic amines) is 1. The van der Waals surface area contributed by atoms with E-state index in [2.05, 4.69) is 6.07 Å². The van der Waals surface area contributed by atoms with Crippen molar-refractivity contribution in [3.05, 3.63) is 71.8 Å². The predicted molar refractivity (Wildman–Crippen MR) is 122 cm³/mol. The highest BCUT2D eigenvalue weighted by molar-refractivity contribution is 6.09. The summed E-state index contributed by atoms with van der Waals surface area (Å²) in [4.78, 5) is 30.6. The van der Waals surface area contributed by atoms with Crippen molar-refractivity contribution in [1.82, 2.24) is 4.90 Å². The smallest absolute Gasteiger partial charge is 0.254 e. The van der Waals surface area contributed by atoms with Gasteiger partial charge in [0.2, 0.25) is 5.91 Å². The Hall–Kier alpha value is -3.34. The average Bonchev–Trinajstić information content (AvgIpc) is 3.26. The minimum atomic E-state index is -0.159. The molecule has 5 heteroatoms. The second-order valence-corrected chi connectivity index (χ2v) is 8.32. The van der Waals surface area contributed by atoms with Gasteiger partial charge < -0.3 is 14.5 Å². The van der Waals surface area contributed by atoms with Crippen molar-refractivity contribution in [2.75, 3.05) is 31.6 Å². The lowest BCUT2D eigenvalue weighted by Crippen LogP contribution is -2.46. The Morgan fingerprint density at radius 2 is 1.71 bits per heavy atom. The van der Waals surface area contributed by atoms with Crippen molar-refractivity contribution in [3.63, 3.8) is 0 Å². The number of para-hydroxylation sites is 1. The summed E-state index contributed by atoms with van der Waals surface area (Å²) in [5.74, 6) is 0.722. The normalized spacial score (nSPS) is 18.2. The zero-order valence-corrected chi connectivity index (χ0v) is 17.7. The van der Waals surface area contributed by atoms with Gasteiger partial charge in [-0.2, -0.15) is 0 Å². The van der Waals surface area contributed by atoms with Gasteiger partial charge in [-0.15, -0.1) is 0 Å². The number of nitrogens with zero attached hydrogens (tertiary/aromatic N) is 2. The first-order valence-corrected chi connectivity index (χ1v) is 10.9. The molecular weight excluding hydrogens is 388 g/mol. The highest BCUT2D eigenvalue weighted by atomic mass is 16.5. The Balaban J connectivity index is 1.38. The summed E-state index contributed by atoms with van der Waals surface area (Å²) in [5.41, 5.74) is 2.91. The van der Waals surface area contributed by atoms with Crippen LogP contribution in [0, 0.1) is 5.92 Å². The van der Waals surface area contributed by atoms with Crippen LogP contribution in [0.4, 0.5) is 5.69 Å². The molecule has 2 aliphatic heterocycles. The van der Waals surface area contributed by atoms with E-state index in [1.807, 2.05) is 64.4 Å². The number of ether oxygens (including phenoxy) is 1. The summed E-state index contributed by atoms with van der Waals surface area (Å²) >= 11 is 0. The third-order valence-electron chi connectivity index (χ3n) is 6.55. The predicted octanol–water partition coefficient (Wildman–Crippen LogP) is 4.29. The second-order valence-electron chi connectivity index (χ2n) is 8.32. The number of amides is 2. The van der Waals surface area contributed by atoms with Crippen LogP contribution in [0.2, 0.25) is 0 Å². The number of rotatable bonds is 3. The first kappa shape index (κ1) is 19.6. The molecule has 2 amide bonds. The van der Waals surface area contributed by atoms with Gasteiger partial charge in [0.15, 0.2) is 0 Å². The van der Waals surface area contributed by atoms with Crippen LogP contribution in [-0.2, 0) is 11.2 Å². The van der Waals surface area contributed by atoms with Gasteiger partial charge in [0.05, 0.1) is 13.0 Å². The molecule has 31 heavy (non-hydrogen) atoms. The van der Waals surface area contributed by atoms with Gasteiger partial charge >= 0.3 is 0 Å². The van der Waals surface area contributed by atoms with Crippen LogP contribution in [0.3, 0.4) is 0 Å². The fourth-order valence-corrected chi connectivity index (χ4v) is 4.96. The Bertz CT molecular complexity index is 1160. The summed E-state index contributed by atoms with van der Waals surface area (Å²) in [5, 5.41) is 1.81. The Morgan fingerprint density at radius 1 is 0.935 bits per heavy atom. The van der Waals surface area contributed by atoms with Gasteiger partial charge in [-0.25, -0.2) is 0 Å². The molecule has 1 saturated heterocycles. The number of fused-ring (bicyclic) bond motifs is 2. The van der Waals surface area contributed by atoms with E-state index in [0.717, 1.165) is 48.0 Å². The minimum Gasteiger partial charge on any atom is -0.496 e. The Kier molecular flexibility index (Phi) is 5.10. The lowest BCUT2D eigenvalue weighted by atomic mass is 9.95. The molecule has 0 radical (unpaired) electrons. The van der Waals surface area contributed by atoms with E-state index in [4.69, 9.17) is 4.74 Å². The molecule has 0 spiro atoms.